The zero-order chi connectivity index (χ0) is 14.3. The van der Waals surface area contributed by atoms with Gasteiger partial charge in [-0.05, 0) is 26.0 Å². The maximum Gasteiger partial charge on any atom is 0.339 e. The Kier molecular flexibility index (Phi) is 6.21. The summed E-state index contributed by atoms with van der Waals surface area (Å²) in [7, 11) is 0. The molecular weight excluding hydrogens is 262 g/mol. The molecule has 1 aromatic heterocycles. The first kappa shape index (κ1) is 15.4. The van der Waals surface area contributed by atoms with Crippen molar-refractivity contribution < 1.29 is 9.53 Å². The van der Waals surface area contributed by atoms with Crippen LogP contribution in [0.1, 0.15) is 30.6 Å². The summed E-state index contributed by atoms with van der Waals surface area (Å²) in [6.45, 7) is 5.68. The summed E-state index contributed by atoms with van der Waals surface area (Å²) in [4.78, 5) is 18.3. The van der Waals surface area contributed by atoms with Crippen molar-refractivity contribution in [3.8, 4) is 0 Å². The molecule has 0 saturated heterocycles. The minimum atomic E-state index is -0.354. The second-order valence-corrected chi connectivity index (χ2v) is 4.45. The third kappa shape index (κ3) is 4.82. The van der Waals surface area contributed by atoms with Gasteiger partial charge in [0.05, 0.1) is 17.2 Å². The third-order valence-electron chi connectivity index (χ3n) is 2.59. The summed E-state index contributed by atoms with van der Waals surface area (Å²) in [5.74, 6) is 0.444. The van der Waals surface area contributed by atoms with E-state index in [0.29, 0.717) is 23.6 Å². The van der Waals surface area contributed by atoms with Crippen LogP contribution >= 0.6 is 12.2 Å². The molecule has 1 heterocycles. The molecule has 0 aliphatic carbocycles. The molecule has 0 aromatic carbocycles. The average Bonchev–Trinajstić information content (AvgIpc) is 2.40. The van der Waals surface area contributed by atoms with Crippen molar-refractivity contribution in [2.24, 2.45) is 5.73 Å². The number of hydrogen-bond donors (Lipinski definition) is 1. The van der Waals surface area contributed by atoms with Gasteiger partial charge in [0.25, 0.3) is 0 Å². The van der Waals surface area contributed by atoms with Crippen molar-refractivity contribution in [1.29, 1.82) is 0 Å². The minimum Gasteiger partial charge on any atom is -0.462 e. The van der Waals surface area contributed by atoms with Crippen molar-refractivity contribution in [2.45, 2.75) is 20.3 Å². The van der Waals surface area contributed by atoms with E-state index in [9.17, 15) is 4.79 Å². The molecule has 0 amide bonds. The van der Waals surface area contributed by atoms with Crippen molar-refractivity contribution in [1.82, 2.24) is 4.98 Å². The Labute approximate surface area is 118 Å². The summed E-state index contributed by atoms with van der Waals surface area (Å²) >= 11 is 4.87. The summed E-state index contributed by atoms with van der Waals surface area (Å²) in [5, 5.41) is 0. The molecule has 5 nitrogen and oxygen atoms in total. The lowest BCUT2D eigenvalue weighted by atomic mass is 10.2. The molecule has 19 heavy (non-hydrogen) atoms. The van der Waals surface area contributed by atoms with Crippen LogP contribution in [0.5, 0.6) is 0 Å². The zero-order valence-corrected chi connectivity index (χ0v) is 12.1. The van der Waals surface area contributed by atoms with Crippen molar-refractivity contribution in [3.05, 3.63) is 23.9 Å². The van der Waals surface area contributed by atoms with Gasteiger partial charge in [-0.1, -0.05) is 12.2 Å². The number of nitrogens with two attached hydrogens (primary N) is 1. The van der Waals surface area contributed by atoms with Crippen molar-refractivity contribution in [2.75, 3.05) is 24.6 Å². The highest BCUT2D eigenvalue weighted by Gasteiger charge is 2.10. The number of carbonyl (C=O) groups excluding carboxylic acids is 1. The van der Waals surface area contributed by atoms with Crippen LogP contribution in [-0.4, -0.2) is 35.6 Å². The number of carbonyl (C=O) groups is 1. The molecule has 6 heteroatoms. The molecular formula is C13H19N3O2S. The van der Waals surface area contributed by atoms with Gasteiger partial charge in [0.2, 0.25) is 0 Å². The van der Waals surface area contributed by atoms with E-state index in [1.807, 2.05) is 11.8 Å². The molecule has 0 spiro atoms. The van der Waals surface area contributed by atoms with Gasteiger partial charge >= 0.3 is 5.97 Å². The second kappa shape index (κ2) is 7.68. The van der Waals surface area contributed by atoms with Gasteiger partial charge in [-0.15, -0.1) is 0 Å². The highest BCUT2D eigenvalue weighted by atomic mass is 32.1. The molecule has 0 saturated carbocycles. The standard InChI is InChI=1S/C13H19N3O2S/c1-3-16(8-7-11(14)19)12-6-5-10(9-15-12)13(17)18-4-2/h5-6,9H,3-4,7-8H2,1-2H3,(H2,14,19). The van der Waals surface area contributed by atoms with E-state index in [1.54, 1.807) is 19.1 Å². The fourth-order valence-corrected chi connectivity index (χ4v) is 1.68. The van der Waals surface area contributed by atoms with E-state index in [1.165, 1.54) is 6.20 Å². The maximum atomic E-state index is 11.5. The zero-order valence-electron chi connectivity index (χ0n) is 11.3. The lowest BCUT2D eigenvalue weighted by Crippen LogP contribution is -2.28. The van der Waals surface area contributed by atoms with E-state index < -0.39 is 0 Å². The predicted molar refractivity (Wildman–Crippen MR) is 79.5 cm³/mol. The summed E-state index contributed by atoms with van der Waals surface area (Å²) in [6.07, 6.45) is 2.17. The van der Waals surface area contributed by atoms with E-state index in [0.717, 1.165) is 18.9 Å². The highest BCUT2D eigenvalue weighted by molar-refractivity contribution is 7.80. The highest BCUT2D eigenvalue weighted by Crippen LogP contribution is 2.12. The Bertz CT molecular complexity index is 434. The third-order valence-corrected chi connectivity index (χ3v) is 2.80. The quantitative estimate of drug-likeness (QED) is 0.607. The first-order valence-corrected chi connectivity index (χ1v) is 6.65. The number of rotatable bonds is 7. The Balaban J connectivity index is 2.72. The van der Waals surface area contributed by atoms with Gasteiger partial charge in [-0.2, -0.15) is 0 Å². The Hall–Kier alpha value is -1.69. The van der Waals surface area contributed by atoms with E-state index in [-0.39, 0.29) is 5.97 Å². The Morgan fingerprint density at radius 3 is 2.68 bits per heavy atom. The molecule has 0 atom stereocenters. The first-order chi connectivity index (χ1) is 9.08. The molecule has 0 aliphatic heterocycles. The SMILES string of the molecule is CCOC(=O)c1ccc(N(CC)CCC(N)=S)nc1. The van der Waals surface area contributed by atoms with Crippen LogP contribution in [0.25, 0.3) is 0 Å². The molecule has 0 aliphatic rings. The molecule has 0 unspecified atom stereocenters. The number of thiocarbonyl (C=S) groups is 1. The molecule has 0 radical (unpaired) electrons. The van der Waals surface area contributed by atoms with Gasteiger partial charge in [-0.3, -0.25) is 0 Å². The minimum absolute atomic E-state index is 0.354. The van der Waals surface area contributed by atoms with Crippen LogP contribution in [0.3, 0.4) is 0 Å². The summed E-state index contributed by atoms with van der Waals surface area (Å²) < 4.78 is 4.91. The van der Waals surface area contributed by atoms with E-state index in [2.05, 4.69) is 4.98 Å². The number of esters is 1. The van der Waals surface area contributed by atoms with E-state index >= 15 is 0 Å². The van der Waals surface area contributed by atoms with Crippen LogP contribution in [0.15, 0.2) is 18.3 Å². The number of ether oxygens (including phenoxy) is 1. The summed E-state index contributed by atoms with van der Waals surface area (Å²) in [6, 6.07) is 3.51. The number of aromatic nitrogens is 1. The predicted octanol–water partition coefficient (Wildman–Crippen LogP) is 1.76. The smallest absolute Gasteiger partial charge is 0.339 e. The molecule has 0 bridgehead atoms. The van der Waals surface area contributed by atoms with Gasteiger partial charge in [0.15, 0.2) is 0 Å². The van der Waals surface area contributed by atoms with Gasteiger partial charge in [0.1, 0.15) is 5.82 Å². The normalized spacial score (nSPS) is 10.0. The fourth-order valence-electron chi connectivity index (χ4n) is 1.59. The number of nitrogens with zero attached hydrogens (tertiary/aromatic N) is 2. The lowest BCUT2D eigenvalue weighted by molar-refractivity contribution is 0.0526. The van der Waals surface area contributed by atoms with Crippen LogP contribution in [0.4, 0.5) is 5.82 Å². The van der Waals surface area contributed by atoms with Crippen LogP contribution in [0.2, 0.25) is 0 Å². The first-order valence-electron chi connectivity index (χ1n) is 6.24. The van der Waals surface area contributed by atoms with Crippen molar-refractivity contribution in [3.63, 3.8) is 0 Å². The van der Waals surface area contributed by atoms with Gasteiger partial charge < -0.3 is 15.4 Å². The van der Waals surface area contributed by atoms with Gasteiger partial charge in [0, 0.05) is 25.7 Å². The van der Waals surface area contributed by atoms with Crippen molar-refractivity contribution >= 4 is 29.0 Å². The summed E-state index contributed by atoms with van der Waals surface area (Å²) in [5.41, 5.74) is 5.95. The molecule has 104 valence electrons. The average molecular weight is 281 g/mol. The number of pyridine rings is 1. The lowest BCUT2D eigenvalue weighted by Gasteiger charge is -2.21. The van der Waals surface area contributed by atoms with Crippen LogP contribution in [-0.2, 0) is 4.74 Å². The van der Waals surface area contributed by atoms with Crippen LogP contribution < -0.4 is 10.6 Å². The molecule has 1 rings (SSSR count). The molecule has 1 aromatic rings. The monoisotopic (exact) mass is 281 g/mol. The number of anilines is 1. The van der Waals surface area contributed by atoms with E-state index in [4.69, 9.17) is 22.7 Å². The largest absolute Gasteiger partial charge is 0.462 e. The topological polar surface area (TPSA) is 68.5 Å². The molecule has 0 fully saturated rings. The van der Waals surface area contributed by atoms with Crippen LogP contribution in [0, 0.1) is 0 Å². The second-order valence-electron chi connectivity index (χ2n) is 3.92. The van der Waals surface area contributed by atoms with Gasteiger partial charge in [-0.25, -0.2) is 9.78 Å². The Morgan fingerprint density at radius 2 is 2.21 bits per heavy atom. The molecule has 2 N–H and O–H groups in total. The Morgan fingerprint density at radius 1 is 1.47 bits per heavy atom. The number of hydrogen-bond acceptors (Lipinski definition) is 5. The maximum absolute atomic E-state index is 11.5. The fraction of sp³-hybridized carbons (Fsp3) is 0.462.